The van der Waals surface area contributed by atoms with Gasteiger partial charge in [-0.25, -0.2) is 5.14 Å². The van der Waals surface area contributed by atoms with Gasteiger partial charge in [-0.05, 0) is 6.92 Å². The number of nitrogens with zero attached hydrogens (tertiary/aromatic N) is 2. The van der Waals surface area contributed by atoms with Gasteiger partial charge in [0.25, 0.3) is 0 Å². The molecule has 1 rings (SSSR count). The topological polar surface area (TPSA) is 87.2 Å². The van der Waals surface area contributed by atoms with Crippen molar-refractivity contribution in [2.24, 2.45) is 12.2 Å². The summed E-state index contributed by atoms with van der Waals surface area (Å²) >= 11 is 0. The second-order valence-corrected chi connectivity index (χ2v) is 3.89. The Labute approximate surface area is 76.6 Å². The average Bonchev–Trinajstić information content (AvgIpc) is 2.24. The summed E-state index contributed by atoms with van der Waals surface area (Å²) in [4.78, 5) is 0. The summed E-state index contributed by atoms with van der Waals surface area (Å²) in [5.41, 5.74) is 1.43. The zero-order valence-electron chi connectivity index (χ0n) is 7.39. The van der Waals surface area contributed by atoms with Crippen LogP contribution in [0.2, 0.25) is 0 Å². The van der Waals surface area contributed by atoms with Crippen molar-refractivity contribution in [3.8, 4) is 0 Å². The lowest BCUT2D eigenvalue weighted by Gasteiger charge is -1.97. The first-order chi connectivity index (χ1) is 5.88. The number of hydrogen-bond donors (Lipinski definition) is 1. The molecule has 0 bridgehead atoms. The van der Waals surface area contributed by atoms with Gasteiger partial charge in [-0.15, -0.1) is 0 Å². The Kier molecular flexibility index (Phi) is 2.69. The number of aryl methyl sites for hydroxylation is 2. The standard InChI is InChI=1S/C6H11N3O3S/c1-5-6(3-9(2)8-5)4-12-13(7,10)11/h3H,4H2,1-2H3,(H2,7,10,11). The highest BCUT2D eigenvalue weighted by molar-refractivity contribution is 7.84. The quantitative estimate of drug-likeness (QED) is 0.717. The van der Waals surface area contributed by atoms with Gasteiger partial charge in [0.1, 0.15) is 0 Å². The van der Waals surface area contributed by atoms with Gasteiger partial charge < -0.3 is 0 Å². The molecule has 74 valence electrons. The highest BCUT2D eigenvalue weighted by atomic mass is 32.2. The molecule has 2 N–H and O–H groups in total. The molecule has 0 aliphatic carbocycles. The van der Waals surface area contributed by atoms with Crippen LogP contribution in [0.3, 0.4) is 0 Å². The molecule has 0 atom stereocenters. The molecule has 0 unspecified atom stereocenters. The monoisotopic (exact) mass is 205 g/mol. The first-order valence-corrected chi connectivity index (χ1v) is 5.02. The molecule has 1 aromatic heterocycles. The molecule has 0 aliphatic heterocycles. The predicted molar refractivity (Wildman–Crippen MR) is 45.8 cm³/mol. The fraction of sp³-hybridized carbons (Fsp3) is 0.500. The summed E-state index contributed by atoms with van der Waals surface area (Å²) in [6, 6.07) is 0. The summed E-state index contributed by atoms with van der Waals surface area (Å²) in [5, 5.41) is 8.68. The summed E-state index contributed by atoms with van der Waals surface area (Å²) in [6.45, 7) is 1.69. The van der Waals surface area contributed by atoms with Crippen molar-refractivity contribution in [1.82, 2.24) is 9.78 Å². The number of aromatic nitrogens is 2. The second-order valence-electron chi connectivity index (χ2n) is 2.67. The Morgan fingerprint density at radius 1 is 1.69 bits per heavy atom. The Balaban J connectivity index is 2.70. The third-order valence-electron chi connectivity index (χ3n) is 1.49. The highest BCUT2D eigenvalue weighted by Gasteiger charge is 2.07. The van der Waals surface area contributed by atoms with E-state index in [0.29, 0.717) is 5.56 Å². The summed E-state index contributed by atoms with van der Waals surface area (Å²) in [6.07, 6.45) is 1.68. The van der Waals surface area contributed by atoms with Gasteiger partial charge in [0.15, 0.2) is 0 Å². The van der Waals surface area contributed by atoms with Gasteiger partial charge in [-0.2, -0.15) is 13.5 Å². The van der Waals surface area contributed by atoms with Gasteiger partial charge in [-0.1, -0.05) is 0 Å². The molecule has 6 nitrogen and oxygen atoms in total. The van der Waals surface area contributed by atoms with Crippen LogP contribution in [0, 0.1) is 6.92 Å². The highest BCUT2D eigenvalue weighted by Crippen LogP contribution is 2.06. The molecule has 0 saturated carbocycles. The van der Waals surface area contributed by atoms with Gasteiger partial charge >= 0.3 is 10.3 Å². The molecule has 7 heteroatoms. The van der Waals surface area contributed by atoms with Crippen LogP contribution in [0.4, 0.5) is 0 Å². The van der Waals surface area contributed by atoms with Crippen LogP contribution < -0.4 is 5.14 Å². The maximum atomic E-state index is 10.5. The zero-order valence-corrected chi connectivity index (χ0v) is 8.21. The van der Waals surface area contributed by atoms with Crippen LogP contribution in [0.15, 0.2) is 6.20 Å². The van der Waals surface area contributed by atoms with Crippen molar-refractivity contribution in [3.05, 3.63) is 17.5 Å². The first kappa shape index (κ1) is 10.2. The van der Waals surface area contributed by atoms with Gasteiger partial charge in [0.05, 0.1) is 12.3 Å². The smallest absolute Gasteiger partial charge is 0.275 e. The van der Waals surface area contributed by atoms with Crippen LogP contribution in [0.5, 0.6) is 0 Å². The molecule has 0 fully saturated rings. The lowest BCUT2D eigenvalue weighted by atomic mass is 10.3. The third-order valence-corrected chi connectivity index (χ3v) is 1.94. The minimum Gasteiger partial charge on any atom is -0.275 e. The SMILES string of the molecule is Cc1nn(C)cc1COS(N)(=O)=O. The van der Waals surface area contributed by atoms with E-state index < -0.39 is 10.3 Å². The van der Waals surface area contributed by atoms with Crippen molar-refractivity contribution < 1.29 is 12.6 Å². The summed E-state index contributed by atoms with van der Waals surface area (Å²) in [5.74, 6) is 0. The lowest BCUT2D eigenvalue weighted by molar-refractivity contribution is 0.308. The first-order valence-electron chi connectivity index (χ1n) is 3.55. The second kappa shape index (κ2) is 3.44. The van der Waals surface area contributed by atoms with E-state index in [2.05, 4.69) is 14.4 Å². The normalized spacial score (nSPS) is 11.9. The number of nitrogens with two attached hydrogens (primary N) is 1. The zero-order chi connectivity index (χ0) is 10.1. The number of hydrogen-bond acceptors (Lipinski definition) is 4. The Morgan fingerprint density at radius 2 is 2.31 bits per heavy atom. The molecule has 0 amide bonds. The Hall–Kier alpha value is -0.920. The van der Waals surface area contributed by atoms with Crippen LogP contribution in [0.25, 0.3) is 0 Å². The predicted octanol–water partition coefficient (Wildman–Crippen LogP) is -0.551. The van der Waals surface area contributed by atoms with E-state index in [9.17, 15) is 8.42 Å². The molecule has 0 saturated heterocycles. The largest absolute Gasteiger partial charge is 0.333 e. The van der Waals surface area contributed by atoms with E-state index in [-0.39, 0.29) is 6.61 Å². The molecule has 0 spiro atoms. The maximum Gasteiger partial charge on any atom is 0.333 e. The Bertz CT molecular complexity index is 395. The van der Waals surface area contributed by atoms with Gasteiger partial charge in [-0.3, -0.25) is 8.86 Å². The van der Waals surface area contributed by atoms with Crippen LogP contribution in [-0.4, -0.2) is 18.2 Å². The molecule has 0 aromatic carbocycles. The molecular weight excluding hydrogens is 194 g/mol. The molecule has 0 radical (unpaired) electrons. The van der Waals surface area contributed by atoms with E-state index in [4.69, 9.17) is 0 Å². The van der Waals surface area contributed by atoms with E-state index in [0.717, 1.165) is 5.69 Å². The van der Waals surface area contributed by atoms with Crippen LogP contribution in [0.1, 0.15) is 11.3 Å². The Morgan fingerprint density at radius 3 is 2.69 bits per heavy atom. The molecular formula is C6H11N3O3S. The van der Waals surface area contributed by atoms with Crippen molar-refractivity contribution in [2.75, 3.05) is 0 Å². The molecule has 1 heterocycles. The van der Waals surface area contributed by atoms with Crippen LogP contribution >= 0.6 is 0 Å². The van der Waals surface area contributed by atoms with E-state index in [1.807, 2.05) is 0 Å². The average molecular weight is 205 g/mol. The van der Waals surface area contributed by atoms with Gasteiger partial charge in [0.2, 0.25) is 0 Å². The van der Waals surface area contributed by atoms with E-state index >= 15 is 0 Å². The summed E-state index contributed by atoms with van der Waals surface area (Å²) < 4.78 is 26.9. The fourth-order valence-electron chi connectivity index (χ4n) is 0.936. The van der Waals surface area contributed by atoms with Gasteiger partial charge in [0, 0.05) is 18.8 Å². The van der Waals surface area contributed by atoms with Crippen LogP contribution in [-0.2, 0) is 28.1 Å². The maximum absolute atomic E-state index is 10.5. The van der Waals surface area contributed by atoms with Crippen molar-refractivity contribution >= 4 is 10.3 Å². The lowest BCUT2D eigenvalue weighted by Crippen LogP contribution is -2.15. The minimum absolute atomic E-state index is 0.0709. The minimum atomic E-state index is -3.87. The van der Waals surface area contributed by atoms with Crippen molar-refractivity contribution in [1.29, 1.82) is 0 Å². The summed E-state index contributed by atoms with van der Waals surface area (Å²) in [7, 11) is -2.12. The van der Waals surface area contributed by atoms with Crippen molar-refractivity contribution in [3.63, 3.8) is 0 Å². The van der Waals surface area contributed by atoms with E-state index in [1.54, 1.807) is 24.9 Å². The fourth-order valence-corrected chi connectivity index (χ4v) is 1.23. The van der Waals surface area contributed by atoms with E-state index in [1.165, 1.54) is 0 Å². The molecule has 1 aromatic rings. The third kappa shape index (κ3) is 3.13. The molecule has 0 aliphatic rings. The molecule has 13 heavy (non-hydrogen) atoms. The van der Waals surface area contributed by atoms with Crippen molar-refractivity contribution in [2.45, 2.75) is 13.5 Å². The number of rotatable bonds is 3.